The number of aromatic nitrogens is 2. The maximum Gasteiger partial charge on any atom is 0.318 e. The van der Waals surface area contributed by atoms with Crippen LogP contribution in [-0.2, 0) is 12.6 Å². The molecule has 5 nitrogen and oxygen atoms in total. The van der Waals surface area contributed by atoms with Gasteiger partial charge in [-0.1, -0.05) is 43.2 Å². The Morgan fingerprint density at radius 2 is 2.12 bits per heavy atom. The zero-order valence-corrected chi connectivity index (χ0v) is 15.0. The first kappa shape index (κ1) is 16.2. The summed E-state index contributed by atoms with van der Waals surface area (Å²) >= 11 is 0. The average Bonchev–Trinajstić information content (AvgIpc) is 3.03. The number of nitrogens with zero attached hydrogens (tertiary/aromatic N) is 3. The Bertz CT molecular complexity index is 756. The summed E-state index contributed by atoms with van der Waals surface area (Å²) in [5.41, 5.74) is 2.21. The minimum atomic E-state index is -0.113. The van der Waals surface area contributed by atoms with Gasteiger partial charge < -0.3 is 10.2 Å². The van der Waals surface area contributed by atoms with Crippen molar-refractivity contribution in [1.29, 1.82) is 0 Å². The van der Waals surface area contributed by atoms with Crippen LogP contribution in [-0.4, -0.2) is 27.3 Å². The number of rotatable bonds is 3. The number of likely N-dealkylation sites (tertiary alicyclic amines) is 1. The number of urea groups is 1. The topological polar surface area (TPSA) is 50.2 Å². The summed E-state index contributed by atoms with van der Waals surface area (Å²) in [6.07, 6.45) is 8.52. The Hall–Kier alpha value is -2.30. The summed E-state index contributed by atoms with van der Waals surface area (Å²) in [5, 5.41) is 7.38. The standard InChI is InChI=1S/C20H26N4O/c1-15(16-12-21-23(2)13-16)22-19(25)24-14-18-10-6-7-11-20(18,24)17-8-4-3-5-9-17/h3-5,8-9,12-13,15,18H,6-7,10-11,14H2,1-2H3,(H,22,25)/t15-,18+,20+/m0/s1. The van der Waals surface area contributed by atoms with Crippen LogP contribution in [0.1, 0.15) is 49.8 Å². The molecule has 132 valence electrons. The van der Waals surface area contributed by atoms with Crippen molar-refractivity contribution in [3.05, 3.63) is 53.9 Å². The summed E-state index contributed by atoms with van der Waals surface area (Å²) in [4.78, 5) is 15.1. The van der Waals surface area contributed by atoms with Crippen LogP contribution in [0.25, 0.3) is 0 Å². The van der Waals surface area contributed by atoms with Crippen molar-refractivity contribution in [2.75, 3.05) is 6.54 Å². The van der Waals surface area contributed by atoms with Crippen molar-refractivity contribution in [2.24, 2.45) is 13.0 Å². The molecular formula is C20H26N4O. The Kier molecular flexibility index (Phi) is 4.02. The molecule has 0 bridgehead atoms. The fraction of sp³-hybridized carbons (Fsp3) is 0.500. The minimum absolute atomic E-state index is 0.0401. The second-order valence-electron chi connectivity index (χ2n) is 7.46. The molecule has 2 aromatic rings. The molecule has 1 aromatic heterocycles. The van der Waals surface area contributed by atoms with Crippen molar-refractivity contribution >= 4 is 6.03 Å². The molecule has 0 unspecified atom stereocenters. The van der Waals surface area contributed by atoms with E-state index in [-0.39, 0.29) is 17.6 Å². The van der Waals surface area contributed by atoms with Gasteiger partial charge in [0.15, 0.2) is 0 Å². The Labute approximate surface area is 149 Å². The van der Waals surface area contributed by atoms with E-state index in [9.17, 15) is 4.79 Å². The third kappa shape index (κ3) is 2.62. The normalized spacial score (nSPS) is 26.5. The molecule has 2 aliphatic rings. The van der Waals surface area contributed by atoms with E-state index in [2.05, 4.69) is 39.6 Å². The van der Waals surface area contributed by atoms with Crippen molar-refractivity contribution in [3.8, 4) is 0 Å². The molecule has 25 heavy (non-hydrogen) atoms. The largest absolute Gasteiger partial charge is 0.331 e. The first-order valence-corrected chi connectivity index (χ1v) is 9.23. The summed E-state index contributed by atoms with van der Waals surface area (Å²) in [7, 11) is 1.89. The monoisotopic (exact) mass is 338 g/mol. The van der Waals surface area contributed by atoms with Gasteiger partial charge in [0.25, 0.3) is 0 Å². The molecule has 3 atom stereocenters. The van der Waals surface area contributed by atoms with E-state index >= 15 is 0 Å². The van der Waals surface area contributed by atoms with Crippen molar-refractivity contribution in [3.63, 3.8) is 0 Å². The number of benzene rings is 1. The number of amides is 2. The van der Waals surface area contributed by atoms with E-state index in [4.69, 9.17) is 0 Å². The maximum atomic E-state index is 13.0. The molecular weight excluding hydrogens is 312 g/mol. The lowest BCUT2D eigenvalue weighted by atomic mass is 9.62. The number of nitrogens with one attached hydrogen (secondary N) is 1. The second kappa shape index (κ2) is 6.21. The molecule has 5 heteroatoms. The third-order valence-corrected chi connectivity index (χ3v) is 6.00. The fourth-order valence-electron chi connectivity index (χ4n) is 4.63. The van der Waals surface area contributed by atoms with Crippen LogP contribution < -0.4 is 5.32 Å². The van der Waals surface area contributed by atoms with Gasteiger partial charge in [-0.2, -0.15) is 5.10 Å². The first-order chi connectivity index (χ1) is 12.1. The van der Waals surface area contributed by atoms with Gasteiger partial charge in [0, 0.05) is 31.3 Å². The first-order valence-electron chi connectivity index (χ1n) is 9.23. The van der Waals surface area contributed by atoms with E-state index in [1.807, 2.05) is 32.4 Å². The molecule has 0 spiro atoms. The van der Waals surface area contributed by atoms with Crippen molar-refractivity contribution in [1.82, 2.24) is 20.0 Å². The maximum absolute atomic E-state index is 13.0. The Morgan fingerprint density at radius 3 is 2.80 bits per heavy atom. The number of hydrogen-bond donors (Lipinski definition) is 1. The van der Waals surface area contributed by atoms with Crippen LogP contribution >= 0.6 is 0 Å². The fourth-order valence-corrected chi connectivity index (χ4v) is 4.63. The second-order valence-corrected chi connectivity index (χ2v) is 7.46. The minimum Gasteiger partial charge on any atom is -0.331 e. The number of aryl methyl sites for hydroxylation is 1. The molecule has 4 rings (SSSR count). The van der Waals surface area contributed by atoms with Gasteiger partial charge in [-0.15, -0.1) is 0 Å². The van der Waals surface area contributed by atoms with Crippen LogP contribution in [0.5, 0.6) is 0 Å². The van der Waals surface area contributed by atoms with Crippen LogP contribution in [0.3, 0.4) is 0 Å². The van der Waals surface area contributed by atoms with Gasteiger partial charge in [0.1, 0.15) is 0 Å². The van der Waals surface area contributed by atoms with Crippen molar-refractivity contribution < 1.29 is 4.79 Å². The Balaban J connectivity index is 1.56. The van der Waals surface area contributed by atoms with E-state index in [1.54, 1.807) is 4.68 Å². The molecule has 0 radical (unpaired) electrons. The van der Waals surface area contributed by atoms with Crippen LogP contribution in [0.4, 0.5) is 4.79 Å². The molecule has 1 saturated carbocycles. The van der Waals surface area contributed by atoms with Gasteiger partial charge in [-0.3, -0.25) is 4.68 Å². The number of fused-ring (bicyclic) bond motifs is 1. The highest BCUT2D eigenvalue weighted by molar-refractivity contribution is 5.77. The lowest BCUT2D eigenvalue weighted by Gasteiger charge is -2.61. The van der Waals surface area contributed by atoms with Gasteiger partial charge >= 0.3 is 6.03 Å². The Morgan fingerprint density at radius 1 is 1.32 bits per heavy atom. The van der Waals surface area contributed by atoms with Crippen molar-refractivity contribution in [2.45, 2.75) is 44.2 Å². The summed E-state index contributed by atoms with van der Waals surface area (Å²) in [5.74, 6) is 0.586. The molecule has 2 fully saturated rings. The number of carbonyl (C=O) groups excluding carboxylic acids is 1. The zero-order chi connectivity index (χ0) is 17.4. The molecule has 1 aromatic carbocycles. The van der Waals surface area contributed by atoms with Crippen LogP contribution in [0.15, 0.2) is 42.7 Å². The highest BCUT2D eigenvalue weighted by Crippen LogP contribution is 2.53. The molecule has 2 amide bonds. The van der Waals surface area contributed by atoms with Gasteiger partial charge in [0.05, 0.1) is 17.8 Å². The van der Waals surface area contributed by atoms with Gasteiger partial charge in [0.2, 0.25) is 0 Å². The average molecular weight is 338 g/mol. The molecule has 2 heterocycles. The summed E-state index contributed by atoms with van der Waals surface area (Å²) < 4.78 is 1.77. The quantitative estimate of drug-likeness (QED) is 0.930. The van der Waals surface area contributed by atoms with Crippen LogP contribution in [0, 0.1) is 5.92 Å². The summed E-state index contributed by atoms with van der Waals surface area (Å²) in [6, 6.07) is 10.6. The number of hydrogen-bond acceptors (Lipinski definition) is 2. The molecule has 1 aliphatic carbocycles. The lowest BCUT2D eigenvalue weighted by molar-refractivity contribution is -0.0798. The van der Waals surface area contributed by atoms with E-state index in [1.165, 1.54) is 24.8 Å². The highest BCUT2D eigenvalue weighted by Gasteiger charge is 2.57. The zero-order valence-electron chi connectivity index (χ0n) is 15.0. The highest BCUT2D eigenvalue weighted by atomic mass is 16.2. The third-order valence-electron chi connectivity index (χ3n) is 6.00. The smallest absolute Gasteiger partial charge is 0.318 e. The number of carbonyl (C=O) groups is 1. The van der Waals surface area contributed by atoms with Crippen LogP contribution in [0.2, 0.25) is 0 Å². The summed E-state index contributed by atoms with van der Waals surface area (Å²) in [6.45, 7) is 2.88. The van der Waals surface area contributed by atoms with E-state index in [0.29, 0.717) is 5.92 Å². The molecule has 1 saturated heterocycles. The lowest BCUT2D eigenvalue weighted by Crippen LogP contribution is -2.69. The van der Waals surface area contributed by atoms with Gasteiger partial charge in [-0.05, 0) is 25.3 Å². The predicted octanol–water partition coefficient (Wildman–Crippen LogP) is 3.59. The molecule has 1 aliphatic heterocycles. The van der Waals surface area contributed by atoms with Gasteiger partial charge in [-0.25, -0.2) is 4.79 Å². The molecule has 1 N–H and O–H groups in total. The SMILES string of the molecule is C[C@H](NC(=O)N1C[C@H]2CCCC[C@@]21c1ccccc1)c1cnn(C)c1. The van der Waals surface area contributed by atoms with E-state index in [0.717, 1.165) is 18.5 Å². The van der Waals surface area contributed by atoms with E-state index < -0.39 is 0 Å². The predicted molar refractivity (Wildman–Crippen MR) is 96.9 cm³/mol.